The third-order valence-electron chi connectivity index (χ3n) is 6.66. The van der Waals surface area contributed by atoms with E-state index in [0.29, 0.717) is 24.6 Å². The summed E-state index contributed by atoms with van der Waals surface area (Å²) in [4.78, 5) is 30.8. The molecule has 2 saturated heterocycles. The van der Waals surface area contributed by atoms with E-state index in [2.05, 4.69) is 10.3 Å². The summed E-state index contributed by atoms with van der Waals surface area (Å²) >= 11 is 0. The number of nitrogens with two attached hydrogens (primary N) is 1. The molecule has 0 saturated carbocycles. The van der Waals surface area contributed by atoms with Crippen LogP contribution in [0.4, 0.5) is 13.2 Å². The van der Waals surface area contributed by atoms with Crippen molar-refractivity contribution in [3.05, 3.63) is 53.4 Å². The van der Waals surface area contributed by atoms with Gasteiger partial charge in [-0.2, -0.15) is 0 Å². The highest BCUT2D eigenvalue weighted by molar-refractivity contribution is 5.95. The minimum Gasteiger partial charge on any atom is -0.342 e. The molecular formula is C22H26F3N5O2. The number of hydrogen-bond acceptors (Lipinski definition) is 4. The van der Waals surface area contributed by atoms with Crippen molar-refractivity contribution in [3.63, 3.8) is 0 Å². The van der Waals surface area contributed by atoms with Crippen molar-refractivity contribution in [2.24, 2.45) is 18.7 Å². The molecule has 2 fully saturated rings. The summed E-state index contributed by atoms with van der Waals surface area (Å²) in [6, 6.07) is 0.978. The molecule has 172 valence electrons. The van der Waals surface area contributed by atoms with Gasteiger partial charge in [0.15, 0.2) is 11.6 Å². The molecule has 2 aliphatic heterocycles. The van der Waals surface area contributed by atoms with E-state index in [1.165, 1.54) is 12.5 Å². The maximum absolute atomic E-state index is 14.0. The van der Waals surface area contributed by atoms with Gasteiger partial charge in [-0.05, 0) is 49.7 Å². The summed E-state index contributed by atoms with van der Waals surface area (Å²) in [6.45, 7) is -0.103. The molecule has 32 heavy (non-hydrogen) atoms. The number of rotatable bonds is 6. The number of halogens is 3. The van der Waals surface area contributed by atoms with Crippen LogP contribution in [-0.2, 0) is 18.3 Å². The quantitative estimate of drug-likeness (QED) is 0.659. The second kappa shape index (κ2) is 8.93. The number of benzene rings is 1. The van der Waals surface area contributed by atoms with Crippen molar-refractivity contribution < 1.29 is 22.8 Å². The Hall–Kier alpha value is -2.88. The van der Waals surface area contributed by atoms with Gasteiger partial charge in [0, 0.05) is 31.2 Å². The summed E-state index contributed by atoms with van der Waals surface area (Å²) in [7, 11) is 1.70. The van der Waals surface area contributed by atoms with Crippen LogP contribution in [-0.4, -0.2) is 50.9 Å². The number of fused-ring (bicyclic) bond motifs is 2. The van der Waals surface area contributed by atoms with Crippen molar-refractivity contribution in [2.75, 3.05) is 6.54 Å². The zero-order valence-corrected chi connectivity index (χ0v) is 17.7. The van der Waals surface area contributed by atoms with Gasteiger partial charge in [-0.15, -0.1) is 0 Å². The lowest BCUT2D eigenvalue weighted by Gasteiger charge is -2.41. The molecule has 3 atom stereocenters. The number of nitrogens with one attached hydrogen (secondary N) is 1. The Morgan fingerprint density at radius 2 is 1.81 bits per heavy atom. The van der Waals surface area contributed by atoms with Crippen molar-refractivity contribution in [1.29, 1.82) is 0 Å². The van der Waals surface area contributed by atoms with E-state index >= 15 is 0 Å². The molecule has 2 amide bonds. The number of hydrogen-bond donors (Lipinski definition) is 2. The van der Waals surface area contributed by atoms with Crippen LogP contribution >= 0.6 is 0 Å². The Morgan fingerprint density at radius 3 is 2.44 bits per heavy atom. The summed E-state index contributed by atoms with van der Waals surface area (Å²) in [5.41, 5.74) is 6.75. The molecule has 0 spiro atoms. The Bertz CT molecular complexity index is 1010. The van der Waals surface area contributed by atoms with Gasteiger partial charge in [0.05, 0.1) is 19.1 Å². The summed E-state index contributed by atoms with van der Waals surface area (Å²) in [6.07, 6.45) is 6.05. The van der Waals surface area contributed by atoms with Crippen LogP contribution in [0.15, 0.2) is 24.7 Å². The number of amides is 2. The lowest BCUT2D eigenvalue weighted by atomic mass is 9.82. The third-order valence-corrected chi connectivity index (χ3v) is 6.66. The molecule has 0 radical (unpaired) electrons. The second-order valence-corrected chi connectivity index (χ2v) is 8.72. The molecular weight excluding hydrogens is 423 g/mol. The zero-order chi connectivity index (χ0) is 23.0. The first-order chi connectivity index (χ1) is 15.2. The molecule has 1 aromatic heterocycles. The van der Waals surface area contributed by atoms with Crippen molar-refractivity contribution >= 4 is 11.8 Å². The van der Waals surface area contributed by atoms with Crippen molar-refractivity contribution in [3.8, 4) is 0 Å². The highest BCUT2D eigenvalue weighted by atomic mass is 19.2. The van der Waals surface area contributed by atoms with E-state index in [4.69, 9.17) is 5.73 Å². The monoisotopic (exact) mass is 449 g/mol. The molecule has 2 unspecified atom stereocenters. The number of aryl methyl sites for hydroxylation is 1. The van der Waals surface area contributed by atoms with E-state index in [1.54, 1.807) is 11.6 Å². The van der Waals surface area contributed by atoms with Crippen LogP contribution in [0.3, 0.4) is 0 Å². The first-order valence-electron chi connectivity index (χ1n) is 10.7. The van der Waals surface area contributed by atoms with Crippen LogP contribution in [0.25, 0.3) is 0 Å². The van der Waals surface area contributed by atoms with E-state index in [1.807, 2.05) is 4.90 Å². The smallest absolute Gasteiger partial charge is 0.269 e. The molecule has 1 aromatic carbocycles. The van der Waals surface area contributed by atoms with Crippen molar-refractivity contribution in [1.82, 2.24) is 19.8 Å². The molecule has 3 heterocycles. The summed E-state index contributed by atoms with van der Waals surface area (Å²) < 4.78 is 42.3. The van der Waals surface area contributed by atoms with Crippen LogP contribution in [0, 0.1) is 23.4 Å². The average molecular weight is 449 g/mol. The van der Waals surface area contributed by atoms with E-state index in [9.17, 15) is 22.8 Å². The molecule has 2 aromatic rings. The number of nitrogens with zero attached hydrogens (tertiary/aromatic N) is 3. The number of carbonyl (C=O) groups is 2. The molecule has 7 nitrogen and oxygen atoms in total. The number of imidazole rings is 1. The zero-order valence-electron chi connectivity index (χ0n) is 17.7. The van der Waals surface area contributed by atoms with Crippen LogP contribution in [0.2, 0.25) is 0 Å². The predicted octanol–water partition coefficient (Wildman–Crippen LogP) is 1.91. The number of piperidine rings is 1. The SMILES string of the molecule is Cn1cncc1C(=O)NCC(=O)N1C2CCC1CC([C@H](N)Cc1cc(F)c(F)cc1F)C2. The highest BCUT2D eigenvalue weighted by Gasteiger charge is 2.44. The van der Waals surface area contributed by atoms with E-state index in [0.717, 1.165) is 18.9 Å². The van der Waals surface area contributed by atoms with Crippen LogP contribution < -0.4 is 11.1 Å². The van der Waals surface area contributed by atoms with Crippen LogP contribution in [0.5, 0.6) is 0 Å². The lowest BCUT2D eigenvalue weighted by molar-refractivity contribution is -0.135. The minimum absolute atomic E-state index is 0.000654. The average Bonchev–Trinajstić information content (AvgIpc) is 3.29. The van der Waals surface area contributed by atoms with Crippen LogP contribution in [0.1, 0.15) is 41.7 Å². The predicted molar refractivity (Wildman–Crippen MR) is 110 cm³/mol. The Morgan fingerprint density at radius 1 is 1.16 bits per heavy atom. The van der Waals surface area contributed by atoms with Gasteiger partial charge in [0.1, 0.15) is 11.5 Å². The normalized spacial score (nSPS) is 23.3. The topological polar surface area (TPSA) is 93.2 Å². The van der Waals surface area contributed by atoms with Gasteiger partial charge < -0.3 is 20.5 Å². The van der Waals surface area contributed by atoms with Crippen molar-refractivity contribution in [2.45, 2.75) is 50.2 Å². The molecule has 2 bridgehead atoms. The largest absolute Gasteiger partial charge is 0.342 e. The molecule has 2 aliphatic rings. The fourth-order valence-corrected chi connectivity index (χ4v) is 5.03. The fraction of sp³-hybridized carbons (Fsp3) is 0.500. The second-order valence-electron chi connectivity index (χ2n) is 8.72. The molecule has 4 rings (SSSR count). The molecule has 10 heteroatoms. The summed E-state index contributed by atoms with van der Waals surface area (Å²) in [5, 5.41) is 2.65. The maximum Gasteiger partial charge on any atom is 0.269 e. The van der Waals surface area contributed by atoms with Gasteiger partial charge in [-0.25, -0.2) is 18.2 Å². The van der Waals surface area contributed by atoms with E-state index in [-0.39, 0.29) is 48.3 Å². The standard InChI is InChI=1S/C22H26F3N5O2/c1-29-11-27-9-20(29)22(32)28-10-21(31)30-14-2-3-15(30)5-13(4-14)19(26)7-12-6-17(24)18(25)8-16(12)23/h6,8-9,11,13-15,19H,2-5,7,10,26H2,1H3,(H,28,32)/t13?,14?,15?,19-/m1/s1. The number of carbonyl (C=O) groups excluding carboxylic acids is 2. The lowest BCUT2D eigenvalue weighted by Crippen LogP contribution is -2.52. The Labute approximate surface area is 183 Å². The van der Waals surface area contributed by atoms with Gasteiger partial charge in [-0.1, -0.05) is 0 Å². The minimum atomic E-state index is -1.22. The first kappa shape index (κ1) is 22.3. The van der Waals surface area contributed by atoms with Gasteiger partial charge in [0.25, 0.3) is 5.91 Å². The fourth-order valence-electron chi connectivity index (χ4n) is 5.03. The first-order valence-corrected chi connectivity index (χ1v) is 10.7. The third kappa shape index (κ3) is 4.36. The molecule has 3 N–H and O–H groups in total. The maximum atomic E-state index is 14.0. The summed E-state index contributed by atoms with van der Waals surface area (Å²) in [5.74, 6) is -3.60. The highest BCUT2D eigenvalue weighted by Crippen LogP contribution is 2.40. The Balaban J connectivity index is 1.35. The van der Waals surface area contributed by atoms with Gasteiger partial charge in [-0.3, -0.25) is 9.59 Å². The number of aromatic nitrogens is 2. The van der Waals surface area contributed by atoms with E-state index < -0.39 is 23.5 Å². The Kier molecular flexibility index (Phi) is 6.23. The van der Waals surface area contributed by atoms with Gasteiger partial charge >= 0.3 is 0 Å². The molecule has 0 aliphatic carbocycles. The van der Waals surface area contributed by atoms with Gasteiger partial charge in [0.2, 0.25) is 5.91 Å².